The molecule has 5 heteroatoms. The second-order valence-electron chi connectivity index (χ2n) is 5.65. The molecule has 0 fully saturated rings. The highest BCUT2D eigenvalue weighted by Crippen LogP contribution is 2.44. The monoisotopic (exact) mass is 316 g/mol. The van der Waals surface area contributed by atoms with Gasteiger partial charge in [-0.05, 0) is 39.3 Å². The fraction of sp³-hybridized carbons (Fsp3) is 0.333. The van der Waals surface area contributed by atoms with Gasteiger partial charge in [0.2, 0.25) is 0 Å². The van der Waals surface area contributed by atoms with Crippen molar-refractivity contribution in [3.63, 3.8) is 0 Å². The van der Waals surface area contributed by atoms with Crippen molar-refractivity contribution in [3.05, 3.63) is 47.1 Å². The number of hydrogen-bond acceptors (Lipinski definition) is 5. The third-order valence-corrected chi connectivity index (χ3v) is 3.82. The quantitative estimate of drug-likeness (QED) is 0.398. The topological polar surface area (TPSA) is 72.8 Å². The zero-order valence-corrected chi connectivity index (χ0v) is 13.7. The number of rotatable bonds is 4. The summed E-state index contributed by atoms with van der Waals surface area (Å²) in [5.74, 6) is -0.513. The number of fused-ring (bicyclic) bond motifs is 1. The van der Waals surface area contributed by atoms with Crippen molar-refractivity contribution in [2.45, 2.75) is 39.9 Å². The maximum Gasteiger partial charge on any atom is 0.334 e. The first-order valence-electron chi connectivity index (χ1n) is 7.30. The smallest absolute Gasteiger partial charge is 0.334 e. The van der Waals surface area contributed by atoms with Gasteiger partial charge in [-0.2, -0.15) is 0 Å². The van der Waals surface area contributed by atoms with Crippen molar-refractivity contribution >= 4 is 11.8 Å². The molecule has 5 nitrogen and oxygen atoms in total. The number of phenols is 1. The van der Waals surface area contributed by atoms with Crippen molar-refractivity contribution in [1.82, 2.24) is 0 Å². The lowest BCUT2D eigenvalue weighted by atomic mass is 9.98. The number of esters is 1. The first-order chi connectivity index (χ1) is 10.8. The van der Waals surface area contributed by atoms with Crippen LogP contribution in [0.15, 0.2) is 35.9 Å². The van der Waals surface area contributed by atoms with E-state index in [-0.39, 0.29) is 17.1 Å². The standard InChI is InChI=1S/C18H20O5/c1-6-10(4)18(21)23-17-13-7-12(11(5)19)14(20)8-15(13)22-16(17)9(2)3/h6-8,16-17,20H,2H2,1,3-5H3/t16-,17-/m1/s1. The predicted octanol–water partition coefficient (Wildman–Crippen LogP) is 3.48. The van der Waals surface area contributed by atoms with Gasteiger partial charge in [0.1, 0.15) is 11.5 Å². The molecule has 23 heavy (non-hydrogen) atoms. The van der Waals surface area contributed by atoms with Crippen molar-refractivity contribution in [2.24, 2.45) is 0 Å². The number of allylic oxidation sites excluding steroid dienone is 1. The lowest BCUT2D eigenvalue weighted by molar-refractivity contribution is -0.146. The summed E-state index contributed by atoms with van der Waals surface area (Å²) in [6.45, 7) is 10.4. The van der Waals surface area contributed by atoms with Crippen molar-refractivity contribution in [3.8, 4) is 11.5 Å². The van der Waals surface area contributed by atoms with Crippen LogP contribution in [0.5, 0.6) is 11.5 Å². The molecule has 0 saturated carbocycles. The van der Waals surface area contributed by atoms with Crippen LogP contribution >= 0.6 is 0 Å². The maximum absolute atomic E-state index is 12.1. The van der Waals surface area contributed by atoms with Crippen LogP contribution in [0, 0.1) is 0 Å². The highest BCUT2D eigenvalue weighted by Gasteiger charge is 2.39. The summed E-state index contributed by atoms with van der Waals surface area (Å²) in [7, 11) is 0. The lowest BCUT2D eigenvalue weighted by Crippen LogP contribution is -2.24. The Bertz CT molecular complexity index is 714. The van der Waals surface area contributed by atoms with Gasteiger partial charge in [-0.3, -0.25) is 4.79 Å². The van der Waals surface area contributed by atoms with E-state index in [0.29, 0.717) is 22.5 Å². The third kappa shape index (κ3) is 3.13. The Balaban J connectivity index is 2.47. The van der Waals surface area contributed by atoms with E-state index >= 15 is 0 Å². The van der Waals surface area contributed by atoms with Gasteiger partial charge >= 0.3 is 5.97 Å². The highest BCUT2D eigenvalue weighted by atomic mass is 16.6. The Morgan fingerprint density at radius 1 is 1.30 bits per heavy atom. The highest BCUT2D eigenvalue weighted by molar-refractivity contribution is 5.97. The molecular weight excluding hydrogens is 296 g/mol. The summed E-state index contributed by atoms with van der Waals surface area (Å²) in [5, 5.41) is 9.92. The molecule has 1 N–H and O–H groups in total. The molecule has 1 aliphatic rings. The first kappa shape index (κ1) is 16.8. The van der Waals surface area contributed by atoms with Gasteiger partial charge in [0.25, 0.3) is 0 Å². The summed E-state index contributed by atoms with van der Waals surface area (Å²) in [6.07, 6.45) is 0.399. The number of carbonyl (C=O) groups is 2. The van der Waals surface area contributed by atoms with E-state index in [4.69, 9.17) is 9.47 Å². The summed E-state index contributed by atoms with van der Waals surface area (Å²) in [6, 6.07) is 2.89. The Labute approximate surface area is 135 Å². The van der Waals surface area contributed by atoms with Crippen LogP contribution in [0.2, 0.25) is 0 Å². The number of ketones is 1. The van der Waals surface area contributed by atoms with E-state index in [0.717, 1.165) is 0 Å². The summed E-state index contributed by atoms with van der Waals surface area (Å²) >= 11 is 0. The molecule has 1 aromatic rings. The predicted molar refractivity (Wildman–Crippen MR) is 85.6 cm³/mol. The lowest BCUT2D eigenvalue weighted by Gasteiger charge is -2.20. The molecule has 2 rings (SSSR count). The molecule has 0 amide bonds. The van der Waals surface area contributed by atoms with Gasteiger partial charge in [0.15, 0.2) is 18.0 Å². The number of aromatic hydroxyl groups is 1. The molecule has 1 aromatic carbocycles. The van der Waals surface area contributed by atoms with Crippen LogP contribution in [0.25, 0.3) is 0 Å². The molecule has 0 aliphatic carbocycles. The minimum atomic E-state index is -0.705. The van der Waals surface area contributed by atoms with E-state index in [1.54, 1.807) is 26.8 Å². The average molecular weight is 316 g/mol. The number of Topliss-reactive ketones (excluding diaryl/α,β-unsaturated/α-hetero) is 1. The normalized spacial score (nSPS) is 19.7. The zero-order valence-electron chi connectivity index (χ0n) is 13.7. The maximum atomic E-state index is 12.1. The van der Waals surface area contributed by atoms with Gasteiger partial charge in [-0.25, -0.2) is 4.79 Å². The van der Waals surface area contributed by atoms with E-state index in [1.807, 2.05) is 0 Å². The number of ether oxygens (including phenoxy) is 2. The third-order valence-electron chi connectivity index (χ3n) is 3.82. The van der Waals surface area contributed by atoms with Crippen molar-refractivity contribution in [1.29, 1.82) is 0 Å². The Morgan fingerprint density at radius 3 is 2.48 bits per heavy atom. The molecule has 1 aliphatic heterocycles. The number of phenolic OH excluding ortho intramolecular Hbond substituents is 1. The molecule has 122 valence electrons. The van der Waals surface area contributed by atoms with E-state index in [1.165, 1.54) is 19.1 Å². The summed E-state index contributed by atoms with van der Waals surface area (Å²) in [5.41, 5.74) is 1.88. The molecule has 2 atom stereocenters. The van der Waals surface area contributed by atoms with E-state index in [2.05, 4.69) is 6.58 Å². The van der Waals surface area contributed by atoms with Gasteiger partial charge in [-0.15, -0.1) is 0 Å². The van der Waals surface area contributed by atoms with Gasteiger partial charge in [0.05, 0.1) is 5.56 Å². The molecular formula is C18H20O5. The van der Waals surface area contributed by atoms with Crippen LogP contribution in [0.1, 0.15) is 49.7 Å². The Kier molecular flexibility index (Phi) is 4.59. The van der Waals surface area contributed by atoms with E-state index < -0.39 is 18.2 Å². The average Bonchev–Trinajstić information content (AvgIpc) is 2.83. The van der Waals surface area contributed by atoms with Gasteiger partial charge in [0, 0.05) is 17.2 Å². The Hall–Kier alpha value is -2.56. The minimum absolute atomic E-state index is 0.159. The largest absolute Gasteiger partial charge is 0.507 e. The molecule has 0 bridgehead atoms. The van der Waals surface area contributed by atoms with E-state index in [9.17, 15) is 14.7 Å². The van der Waals surface area contributed by atoms with Crippen LogP contribution in [0.3, 0.4) is 0 Å². The second kappa shape index (κ2) is 6.28. The molecule has 0 unspecified atom stereocenters. The fourth-order valence-corrected chi connectivity index (χ4v) is 2.36. The minimum Gasteiger partial charge on any atom is -0.507 e. The molecule has 1 heterocycles. The molecule has 0 spiro atoms. The first-order valence-corrected chi connectivity index (χ1v) is 7.30. The van der Waals surface area contributed by atoms with Crippen LogP contribution in [-0.4, -0.2) is 23.0 Å². The number of benzene rings is 1. The fourth-order valence-electron chi connectivity index (χ4n) is 2.36. The van der Waals surface area contributed by atoms with Crippen LogP contribution in [-0.2, 0) is 9.53 Å². The van der Waals surface area contributed by atoms with Gasteiger partial charge < -0.3 is 14.6 Å². The number of hydrogen-bond donors (Lipinski definition) is 1. The Morgan fingerprint density at radius 2 is 1.96 bits per heavy atom. The molecule has 0 aromatic heterocycles. The zero-order chi connectivity index (χ0) is 17.3. The summed E-state index contributed by atoms with van der Waals surface area (Å²) in [4.78, 5) is 23.7. The van der Waals surface area contributed by atoms with Crippen molar-refractivity contribution in [2.75, 3.05) is 0 Å². The summed E-state index contributed by atoms with van der Waals surface area (Å²) < 4.78 is 11.3. The second-order valence-corrected chi connectivity index (χ2v) is 5.65. The van der Waals surface area contributed by atoms with Crippen LogP contribution < -0.4 is 4.74 Å². The molecule has 0 radical (unpaired) electrons. The molecule has 0 saturated heterocycles. The van der Waals surface area contributed by atoms with Crippen molar-refractivity contribution < 1.29 is 24.2 Å². The van der Waals surface area contributed by atoms with Crippen LogP contribution in [0.4, 0.5) is 0 Å². The van der Waals surface area contributed by atoms with Gasteiger partial charge in [-0.1, -0.05) is 12.7 Å². The number of carbonyl (C=O) groups excluding carboxylic acids is 2. The SMILES string of the molecule is C=C(C)[C@H]1Oc2cc(O)c(C(C)=O)cc2[C@H]1OC(=O)C(C)=CC.